The fraction of sp³-hybridized carbons (Fsp3) is 0. The van der Waals surface area contributed by atoms with Crippen LogP contribution in [0.3, 0.4) is 0 Å². The Kier molecular flexibility index (Phi) is 6.25. The highest BCUT2D eigenvalue weighted by molar-refractivity contribution is 6.25. The van der Waals surface area contributed by atoms with Crippen LogP contribution in [0.25, 0.3) is 0 Å². The van der Waals surface area contributed by atoms with Gasteiger partial charge in [0.15, 0.2) is 0 Å². The molecule has 1 aliphatic rings. The van der Waals surface area contributed by atoms with Crippen molar-refractivity contribution < 1.29 is 4.79 Å². The molecule has 0 bridgehead atoms. The van der Waals surface area contributed by atoms with Crippen molar-refractivity contribution in [3.05, 3.63) is 0 Å². The molecule has 0 aliphatic carbocycles. The molecular formula is C3H4Cl2N2O. The van der Waals surface area contributed by atoms with Crippen molar-refractivity contribution >= 4 is 43.3 Å². The van der Waals surface area contributed by atoms with Crippen molar-refractivity contribution in [2.24, 2.45) is 9.98 Å². The minimum Gasteiger partial charge on any atom is -0.244 e. The molecule has 0 unspecified atom stereocenters. The van der Waals surface area contributed by atoms with E-state index < -0.39 is 6.03 Å². The number of amides is 2. The van der Waals surface area contributed by atoms with E-state index in [1.165, 1.54) is 12.4 Å². The lowest BCUT2D eigenvalue weighted by molar-refractivity contribution is 0.257. The van der Waals surface area contributed by atoms with Crippen LogP contribution in [0.1, 0.15) is 0 Å². The maximum atomic E-state index is 9.85. The normalized spacial score (nSPS) is 12.8. The minimum atomic E-state index is -0.407. The van der Waals surface area contributed by atoms with Crippen molar-refractivity contribution in [3.8, 4) is 0 Å². The minimum absolute atomic E-state index is 0. The van der Waals surface area contributed by atoms with Crippen molar-refractivity contribution in [3.63, 3.8) is 0 Å². The summed E-state index contributed by atoms with van der Waals surface area (Å²) in [6.07, 6.45) is 2.73. The number of hydrogen-bond donors (Lipinski definition) is 0. The molecule has 0 spiro atoms. The monoisotopic (exact) mass is 154 g/mol. The van der Waals surface area contributed by atoms with Gasteiger partial charge in [-0.15, -0.1) is 24.8 Å². The van der Waals surface area contributed by atoms with E-state index >= 15 is 0 Å². The number of halogens is 2. The molecule has 0 aromatic heterocycles. The fourth-order valence-corrected chi connectivity index (χ4v) is 0.228. The van der Waals surface area contributed by atoms with Crippen molar-refractivity contribution in [1.29, 1.82) is 0 Å². The van der Waals surface area contributed by atoms with Gasteiger partial charge in [-0.2, -0.15) is 9.98 Å². The number of carbonyl (C=O) groups excluding carboxylic acids is 1. The Morgan fingerprint density at radius 2 is 1.50 bits per heavy atom. The Hall–Kier alpha value is -0.410. The second-order valence-corrected chi connectivity index (χ2v) is 0.839. The fourth-order valence-electron chi connectivity index (χ4n) is 0.228. The maximum Gasteiger partial charge on any atom is 0.367 e. The summed E-state index contributed by atoms with van der Waals surface area (Å²) < 4.78 is 0. The van der Waals surface area contributed by atoms with Crippen LogP contribution in [-0.2, 0) is 0 Å². The highest BCUT2D eigenvalue weighted by Gasteiger charge is 1.91. The summed E-state index contributed by atoms with van der Waals surface area (Å²) in [6.45, 7) is 0. The average molecular weight is 155 g/mol. The van der Waals surface area contributed by atoms with Gasteiger partial charge >= 0.3 is 6.03 Å². The molecule has 8 heavy (non-hydrogen) atoms. The quantitative estimate of drug-likeness (QED) is 0.516. The van der Waals surface area contributed by atoms with E-state index in [9.17, 15) is 4.79 Å². The summed E-state index contributed by atoms with van der Waals surface area (Å²) in [7, 11) is 0. The van der Waals surface area contributed by atoms with Crippen LogP contribution in [0, 0.1) is 0 Å². The molecule has 0 saturated heterocycles. The van der Waals surface area contributed by atoms with Gasteiger partial charge in [0.2, 0.25) is 0 Å². The first kappa shape index (κ1) is 10.5. The maximum absolute atomic E-state index is 9.85. The van der Waals surface area contributed by atoms with Gasteiger partial charge in [-0.3, -0.25) is 0 Å². The second-order valence-electron chi connectivity index (χ2n) is 0.839. The molecule has 2 amide bonds. The predicted molar refractivity (Wildman–Crippen MR) is 36.9 cm³/mol. The zero-order valence-corrected chi connectivity index (χ0v) is 5.41. The highest BCUT2D eigenvalue weighted by atomic mass is 35.5. The Morgan fingerprint density at radius 3 is 1.62 bits per heavy atom. The molecular weight excluding hydrogens is 151 g/mol. The van der Waals surface area contributed by atoms with E-state index in [0.717, 1.165) is 0 Å². The molecule has 46 valence electrons. The summed E-state index contributed by atoms with van der Waals surface area (Å²) in [5.41, 5.74) is 0. The van der Waals surface area contributed by atoms with Crippen molar-refractivity contribution in [2.75, 3.05) is 0 Å². The molecule has 1 heterocycles. The largest absolute Gasteiger partial charge is 0.367 e. The van der Waals surface area contributed by atoms with Crippen LogP contribution >= 0.6 is 24.8 Å². The molecule has 0 atom stereocenters. The number of hydrogen-bond acceptors (Lipinski definition) is 1. The first-order chi connectivity index (χ1) is 2.89. The Labute approximate surface area is 58.7 Å². The molecule has 0 aromatic rings. The summed E-state index contributed by atoms with van der Waals surface area (Å²) in [4.78, 5) is 16.3. The number of aliphatic imine (C=N–C) groups is 2. The zero-order chi connectivity index (χ0) is 4.41. The zero-order valence-electron chi connectivity index (χ0n) is 3.77. The number of nitrogens with zero attached hydrogens (tertiary/aromatic N) is 2. The Morgan fingerprint density at radius 1 is 1.12 bits per heavy atom. The lowest BCUT2D eigenvalue weighted by atomic mass is 10.9. The van der Waals surface area contributed by atoms with Crippen molar-refractivity contribution in [1.82, 2.24) is 0 Å². The van der Waals surface area contributed by atoms with Gasteiger partial charge in [0.1, 0.15) is 0 Å². The number of carbonyl (C=O) groups is 1. The van der Waals surface area contributed by atoms with E-state index in [1.807, 2.05) is 0 Å². The van der Waals surface area contributed by atoms with Crippen LogP contribution in [0.4, 0.5) is 4.79 Å². The van der Waals surface area contributed by atoms with Crippen LogP contribution < -0.4 is 0 Å². The summed E-state index contributed by atoms with van der Waals surface area (Å²) >= 11 is 0. The van der Waals surface area contributed by atoms with E-state index in [0.29, 0.717) is 0 Å². The molecule has 1 aliphatic heterocycles. The van der Waals surface area contributed by atoms with Gasteiger partial charge in [-0.1, -0.05) is 0 Å². The lowest BCUT2D eigenvalue weighted by Gasteiger charge is -1.62. The van der Waals surface area contributed by atoms with E-state index in [4.69, 9.17) is 0 Å². The van der Waals surface area contributed by atoms with E-state index in [1.54, 1.807) is 0 Å². The lowest BCUT2D eigenvalue weighted by Crippen LogP contribution is -1.70. The predicted octanol–water partition coefficient (Wildman–Crippen LogP) is 1.11. The molecule has 0 saturated carbocycles. The SMILES string of the molecule is Cl.Cl.O=C1N=CC=N1. The molecule has 1 rings (SSSR count). The standard InChI is InChI=1S/C3H2N2O.2ClH/c6-3-4-1-2-5-3;;/h1-2H;2*1H. The van der Waals surface area contributed by atoms with Crippen molar-refractivity contribution in [2.45, 2.75) is 0 Å². The summed E-state index contributed by atoms with van der Waals surface area (Å²) in [5, 5.41) is 0. The van der Waals surface area contributed by atoms with Crippen LogP contribution in [-0.4, -0.2) is 18.5 Å². The van der Waals surface area contributed by atoms with Gasteiger partial charge in [-0.05, 0) is 0 Å². The van der Waals surface area contributed by atoms with Crippen LogP contribution in [0.2, 0.25) is 0 Å². The topological polar surface area (TPSA) is 41.8 Å². The smallest absolute Gasteiger partial charge is 0.244 e. The average Bonchev–Trinajstić information content (AvgIpc) is 1.86. The third-order valence-electron chi connectivity index (χ3n) is 0.437. The molecule has 3 nitrogen and oxygen atoms in total. The van der Waals surface area contributed by atoms with Gasteiger partial charge in [0, 0.05) is 0 Å². The van der Waals surface area contributed by atoms with Crippen LogP contribution in [0.5, 0.6) is 0 Å². The Bertz CT molecular complexity index is 117. The van der Waals surface area contributed by atoms with Gasteiger partial charge in [0.25, 0.3) is 0 Å². The number of urea groups is 1. The number of rotatable bonds is 0. The molecule has 0 N–H and O–H groups in total. The molecule has 0 aromatic carbocycles. The summed E-state index contributed by atoms with van der Waals surface area (Å²) in [6, 6.07) is -0.407. The molecule has 0 radical (unpaired) electrons. The van der Waals surface area contributed by atoms with E-state index in [2.05, 4.69) is 9.98 Å². The highest BCUT2D eigenvalue weighted by Crippen LogP contribution is 1.81. The Balaban J connectivity index is 0. The summed E-state index contributed by atoms with van der Waals surface area (Å²) in [5.74, 6) is 0. The van der Waals surface area contributed by atoms with Crippen LogP contribution in [0.15, 0.2) is 9.98 Å². The molecule has 0 fully saturated rings. The van der Waals surface area contributed by atoms with Gasteiger partial charge in [0.05, 0.1) is 12.4 Å². The van der Waals surface area contributed by atoms with E-state index in [-0.39, 0.29) is 24.8 Å². The second kappa shape index (κ2) is 4.74. The molecule has 5 heteroatoms. The van der Waals surface area contributed by atoms with Gasteiger partial charge in [-0.25, -0.2) is 4.79 Å². The third-order valence-corrected chi connectivity index (χ3v) is 0.437. The third kappa shape index (κ3) is 2.71. The van der Waals surface area contributed by atoms with Gasteiger partial charge < -0.3 is 0 Å². The first-order valence-corrected chi connectivity index (χ1v) is 1.50. The first-order valence-electron chi connectivity index (χ1n) is 1.50.